The Morgan fingerprint density at radius 2 is 1.85 bits per heavy atom. The number of nitrogens with zero attached hydrogens (tertiary/aromatic N) is 4. The van der Waals surface area contributed by atoms with E-state index in [2.05, 4.69) is 25.6 Å². The van der Waals surface area contributed by atoms with E-state index in [1.807, 2.05) is 37.2 Å². The van der Waals surface area contributed by atoms with Gasteiger partial charge in [-0.1, -0.05) is 12.1 Å². The quantitative estimate of drug-likeness (QED) is 0.663. The summed E-state index contributed by atoms with van der Waals surface area (Å²) < 4.78 is 27.5. The predicted molar refractivity (Wildman–Crippen MR) is 102 cm³/mol. The molecule has 0 saturated heterocycles. The summed E-state index contributed by atoms with van der Waals surface area (Å²) in [5, 5.41) is 5.96. The van der Waals surface area contributed by atoms with Gasteiger partial charge in [-0.05, 0) is 38.4 Å². The molecule has 3 aromatic rings. The Morgan fingerprint density at radius 3 is 2.59 bits per heavy atom. The Kier molecular flexibility index (Phi) is 5.87. The smallest absolute Gasteiger partial charge is 0.225 e. The highest BCUT2D eigenvalue weighted by molar-refractivity contribution is 5.65. The highest BCUT2D eigenvalue weighted by Gasteiger charge is 2.12. The molecular formula is C19H20F2N6. The van der Waals surface area contributed by atoms with Crippen LogP contribution in [0.3, 0.4) is 0 Å². The minimum atomic E-state index is -0.961. The number of hydrogen-bond acceptors (Lipinski definition) is 6. The van der Waals surface area contributed by atoms with Gasteiger partial charge >= 0.3 is 0 Å². The lowest BCUT2D eigenvalue weighted by Crippen LogP contribution is -2.21. The van der Waals surface area contributed by atoms with Crippen molar-refractivity contribution >= 4 is 17.5 Å². The van der Waals surface area contributed by atoms with Crippen molar-refractivity contribution in [1.82, 2.24) is 19.9 Å². The Hall–Kier alpha value is -3.13. The molecule has 0 spiro atoms. The zero-order chi connectivity index (χ0) is 19.2. The Balaban J connectivity index is 1.92. The van der Waals surface area contributed by atoms with Crippen molar-refractivity contribution in [3.05, 3.63) is 60.3 Å². The maximum Gasteiger partial charge on any atom is 0.225 e. The molecule has 0 aliphatic heterocycles. The largest absolute Gasteiger partial charge is 0.353 e. The summed E-state index contributed by atoms with van der Waals surface area (Å²) in [5.74, 6) is -1.18. The van der Waals surface area contributed by atoms with Gasteiger partial charge in [-0.25, -0.2) is 13.8 Å². The highest BCUT2D eigenvalue weighted by atomic mass is 19.2. The molecule has 0 radical (unpaired) electrons. The van der Waals surface area contributed by atoms with Gasteiger partial charge < -0.3 is 15.5 Å². The molecule has 2 N–H and O–H groups in total. The van der Waals surface area contributed by atoms with E-state index in [0.717, 1.165) is 12.6 Å². The van der Waals surface area contributed by atoms with Gasteiger partial charge in [0.05, 0.1) is 17.1 Å². The van der Waals surface area contributed by atoms with Crippen molar-refractivity contribution in [3.63, 3.8) is 0 Å². The molecule has 3 rings (SSSR count). The molecule has 6 nitrogen and oxygen atoms in total. The Bertz CT molecular complexity index is 902. The number of nitrogens with one attached hydrogen (secondary N) is 2. The van der Waals surface area contributed by atoms with Gasteiger partial charge in [0.2, 0.25) is 5.95 Å². The first-order chi connectivity index (χ1) is 13.0. The second-order valence-corrected chi connectivity index (χ2v) is 6.13. The van der Waals surface area contributed by atoms with Crippen molar-refractivity contribution in [2.24, 2.45) is 0 Å². The summed E-state index contributed by atoms with van der Waals surface area (Å²) in [5.41, 5.74) is 1.22. The second-order valence-electron chi connectivity index (χ2n) is 6.13. The van der Waals surface area contributed by atoms with E-state index in [4.69, 9.17) is 0 Å². The molecule has 0 saturated carbocycles. The SMILES string of the molecule is CN(C)CCNc1nc(Nc2cccc(F)c2F)cc(-c2ccccn2)n1. The van der Waals surface area contributed by atoms with Crippen LogP contribution in [0, 0.1) is 11.6 Å². The van der Waals surface area contributed by atoms with Gasteiger partial charge in [0.15, 0.2) is 11.6 Å². The van der Waals surface area contributed by atoms with E-state index in [9.17, 15) is 8.78 Å². The molecule has 1 aromatic carbocycles. The minimum Gasteiger partial charge on any atom is -0.353 e. The van der Waals surface area contributed by atoms with Crippen LogP contribution in [0.5, 0.6) is 0 Å². The van der Waals surface area contributed by atoms with E-state index in [1.54, 1.807) is 12.3 Å². The van der Waals surface area contributed by atoms with Gasteiger partial charge in [-0.3, -0.25) is 4.98 Å². The van der Waals surface area contributed by atoms with Crippen LogP contribution < -0.4 is 10.6 Å². The summed E-state index contributed by atoms with van der Waals surface area (Å²) in [4.78, 5) is 15.1. The van der Waals surface area contributed by atoms with Crippen molar-refractivity contribution in [3.8, 4) is 11.4 Å². The second kappa shape index (κ2) is 8.50. The molecule has 0 atom stereocenters. The first-order valence-electron chi connectivity index (χ1n) is 8.43. The monoisotopic (exact) mass is 370 g/mol. The first kappa shape index (κ1) is 18.7. The number of benzene rings is 1. The molecular weight excluding hydrogens is 350 g/mol. The fraction of sp³-hybridized carbons (Fsp3) is 0.211. The van der Waals surface area contributed by atoms with E-state index < -0.39 is 11.6 Å². The zero-order valence-electron chi connectivity index (χ0n) is 15.1. The molecule has 0 aliphatic carbocycles. The van der Waals surface area contributed by atoms with Crippen LogP contribution in [0.1, 0.15) is 0 Å². The third-order valence-corrected chi connectivity index (χ3v) is 3.71. The molecule has 0 aliphatic rings. The molecule has 2 heterocycles. The molecule has 0 amide bonds. The molecule has 2 aromatic heterocycles. The number of anilines is 3. The minimum absolute atomic E-state index is 0.0000811. The van der Waals surface area contributed by atoms with Crippen molar-refractivity contribution in [1.29, 1.82) is 0 Å². The third kappa shape index (κ3) is 4.95. The summed E-state index contributed by atoms with van der Waals surface area (Å²) in [6.07, 6.45) is 1.66. The molecule has 8 heteroatoms. The number of pyridine rings is 1. The van der Waals surface area contributed by atoms with E-state index in [1.165, 1.54) is 12.1 Å². The van der Waals surface area contributed by atoms with Gasteiger partial charge in [0.25, 0.3) is 0 Å². The first-order valence-corrected chi connectivity index (χ1v) is 8.43. The average molecular weight is 370 g/mol. The molecule has 0 bridgehead atoms. The van der Waals surface area contributed by atoms with Crippen molar-refractivity contribution < 1.29 is 8.78 Å². The molecule has 0 fully saturated rings. The van der Waals surface area contributed by atoms with Gasteiger partial charge in [0.1, 0.15) is 5.82 Å². The number of halogens is 2. The number of likely N-dealkylation sites (N-methyl/N-ethyl adjacent to an activating group) is 1. The summed E-state index contributed by atoms with van der Waals surface area (Å²) in [7, 11) is 3.93. The molecule has 0 unspecified atom stereocenters. The molecule has 27 heavy (non-hydrogen) atoms. The summed E-state index contributed by atoms with van der Waals surface area (Å²) in [6.45, 7) is 1.42. The third-order valence-electron chi connectivity index (χ3n) is 3.71. The Morgan fingerprint density at radius 1 is 1.00 bits per heavy atom. The van der Waals surface area contributed by atoms with Gasteiger partial charge in [-0.15, -0.1) is 0 Å². The summed E-state index contributed by atoms with van der Waals surface area (Å²) >= 11 is 0. The van der Waals surface area contributed by atoms with Crippen LogP contribution in [0.4, 0.5) is 26.2 Å². The fourth-order valence-corrected chi connectivity index (χ4v) is 2.37. The van der Waals surface area contributed by atoms with Crippen LogP contribution in [-0.2, 0) is 0 Å². The molecule has 140 valence electrons. The Labute approximate surface area is 156 Å². The summed E-state index contributed by atoms with van der Waals surface area (Å²) in [6, 6.07) is 11.1. The van der Waals surface area contributed by atoms with Gasteiger partial charge in [-0.2, -0.15) is 4.98 Å². The number of aromatic nitrogens is 3. The van der Waals surface area contributed by atoms with Gasteiger partial charge in [0, 0.05) is 25.4 Å². The zero-order valence-corrected chi connectivity index (χ0v) is 15.1. The van der Waals surface area contributed by atoms with Crippen LogP contribution in [-0.4, -0.2) is 47.0 Å². The van der Waals surface area contributed by atoms with Crippen LogP contribution in [0.25, 0.3) is 11.4 Å². The highest BCUT2D eigenvalue weighted by Crippen LogP contribution is 2.24. The van der Waals surface area contributed by atoms with Crippen LogP contribution in [0.2, 0.25) is 0 Å². The maximum atomic E-state index is 14.0. The topological polar surface area (TPSA) is 66.0 Å². The lowest BCUT2D eigenvalue weighted by atomic mass is 10.2. The lowest BCUT2D eigenvalue weighted by Gasteiger charge is -2.13. The fourth-order valence-electron chi connectivity index (χ4n) is 2.37. The van der Waals surface area contributed by atoms with Crippen LogP contribution >= 0.6 is 0 Å². The normalized spacial score (nSPS) is 10.9. The number of hydrogen-bond donors (Lipinski definition) is 2. The number of rotatable bonds is 7. The predicted octanol–water partition coefficient (Wildman–Crippen LogP) is 3.53. The van der Waals surface area contributed by atoms with E-state index in [-0.39, 0.29) is 5.69 Å². The van der Waals surface area contributed by atoms with Crippen molar-refractivity contribution in [2.75, 3.05) is 37.8 Å². The van der Waals surface area contributed by atoms with Crippen LogP contribution in [0.15, 0.2) is 48.7 Å². The average Bonchev–Trinajstić information content (AvgIpc) is 2.66. The lowest BCUT2D eigenvalue weighted by molar-refractivity contribution is 0.425. The maximum absolute atomic E-state index is 14.0. The van der Waals surface area contributed by atoms with Crippen molar-refractivity contribution in [2.45, 2.75) is 0 Å². The van der Waals surface area contributed by atoms with E-state index in [0.29, 0.717) is 29.7 Å². The standard InChI is InChI=1S/C19H20F2N6/c1-27(2)11-10-23-19-25-16(14-7-3-4-9-22-14)12-17(26-19)24-15-8-5-6-13(20)18(15)21/h3-9,12H,10-11H2,1-2H3,(H2,23,24,25,26). The van der Waals surface area contributed by atoms with E-state index >= 15 is 0 Å².